The van der Waals surface area contributed by atoms with E-state index in [4.69, 9.17) is 5.73 Å². The van der Waals surface area contributed by atoms with E-state index in [2.05, 4.69) is 35.0 Å². The molecular formula is C17H25BrN2O. The van der Waals surface area contributed by atoms with Crippen LogP contribution >= 0.6 is 15.9 Å². The Kier molecular flexibility index (Phi) is 5.82. The topological polar surface area (TPSA) is 46.3 Å². The zero-order chi connectivity index (χ0) is 15.4. The highest BCUT2D eigenvalue weighted by Crippen LogP contribution is 2.30. The molecular weight excluding hydrogens is 328 g/mol. The SMILES string of the molecule is CC(CC(=O)N(C)C1CCCC1CN)c1ccc(Br)cc1. The first-order chi connectivity index (χ1) is 10.0. The number of amides is 1. The molecule has 3 atom stereocenters. The number of benzene rings is 1. The predicted octanol–water partition coefficient (Wildman–Crippen LogP) is 3.53. The number of carbonyl (C=O) groups excluding carboxylic acids is 1. The summed E-state index contributed by atoms with van der Waals surface area (Å²) in [6.07, 6.45) is 4.00. The number of nitrogens with zero attached hydrogens (tertiary/aromatic N) is 1. The highest BCUT2D eigenvalue weighted by molar-refractivity contribution is 9.10. The maximum atomic E-state index is 12.5. The van der Waals surface area contributed by atoms with Gasteiger partial charge in [0.05, 0.1) is 0 Å². The van der Waals surface area contributed by atoms with E-state index >= 15 is 0 Å². The maximum absolute atomic E-state index is 12.5. The van der Waals surface area contributed by atoms with E-state index in [9.17, 15) is 4.79 Å². The summed E-state index contributed by atoms with van der Waals surface area (Å²) in [5, 5.41) is 0. The Hall–Kier alpha value is -0.870. The summed E-state index contributed by atoms with van der Waals surface area (Å²) in [4.78, 5) is 14.5. The highest BCUT2D eigenvalue weighted by Gasteiger charge is 2.32. The van der Waals surface area contributed by atoms with Gasteiger partial charge in [-0.2, -0.15) is 0 Å². The van der Waals surface area contributed by atoms with Gasteiger partial charge >= 0.3 is 0 Å². The minimum Gasteiger partial charge on any atom is -0.342 e. The normalized spacial score (nSPS) is 23.0. The molecule has 116 valence electrons. The Bertz CT molecular complexity index is 474. The molecule has 2 rings (SSSR count). The highest BCUT2D eigenvalue weighted by atomic mass is 79.9. The van der Waals surface area contributed by atoms with E-state index < -0.39 is 0 Å². The molecule has 3 unspecified atom stereocenters. The van der Waals surface area contributed by atoms with Crippen LogP contribution in [0.3, 0.4) is 0 Å². The van der Waals surface area contributed by atoms with E-state index in [0.717, 1.165) is 17.3 Å². The lowest BCUT2D eigenvalue weighted by Crippen LogP contribution is -2.41. The Balaban J connectivity index is 1.95. The largest absolute Gasteiger partial charge is 0.342 e. The standard InChI is InChI=1S/C17H25BrN2O/c1-12(13-6-8-15(18)9-7-13)10-17(21)20(2)16-5-3-4-14(16)11-19/h6-9,12,14,16H,3-5,10-11,19H2,1-2H3. The van der Waals surface area contributed by atoms with Gasteiger partial charge in [-0.15, -0.1) is 0 Å². The Morgan fingerprint density at radius 1 is 1.38 bits per heavy atom. The molecule has 4 heteroatoms. The van der Waals surface area contributed by atoms with Gasteiger partial charge in [0.15, 0.2) is 0 Å². The van der Waals surface area contributed by atoms with Crippen LogP contribution in [0.1, 0.15) is 44.1 Å². The van der Waals surface area contributed by atoms with Crippen LogP contribution in [0.2, 0.25) is 0 Å². The van der Waals surface area contributed by atoms with Crippen LogP contribution in [-0.2, 0) is 4.79 Å². The number of halogens is 1. The molecule has 0 aliphatic heterocycles. The van der Waals surface area contributed by atoms with Gasteiger partial charge < -0.3 is 10.6 Å². The van der Waals surface area contributed by atoms with Gasteiger partial charge in [0.2, 0.25) is 5.91 Å². The summed E-state index contributed by atoms with van der Waals surface area (Å²) in [6, 6.07) is 8.56. The van der Waals surface area contributed by atoms with Crippen LogP contribution in [0.25, 0.3) is 0 Å². The van der Waals surface area contributed by atoms with Crippen LogP contribution in [0.4, 0.5) is 0 Å². The predicted molar refractivity (Wildman–Crippen MR) is 90.1 cm³/mol. The second-order valence-electron chi connectivity index (χ2n) is 6.16. The average molecular weight is 353 g/mol. The van der Waals surface area contributed by atoms with E-state index in [-0.39, 0.29) is 11.8 Å². The van der Waals surface area contributed by atoms with Gasteiger partial charge in [-0.1, -0.05) is 41.4 Å². The number of hydrogen-bond acceptors (Lipinski definition) is 2. The third-order valence-corrected chi connectivity index (χ3v) is 5.26. The third kappa shape index (κ3) is 4.07. The molecule has 1 aromatic rings. The molecule has 3 nitrogen and oxygen atoms in total. The van der Waals surface area contributed by atoms with Crippen LogP contribution in [0.15, 0.2) is 28.7 Å². The molecule has 1 aromatic carbocycles. The van der Waals surface area contributed by atoms with Gasteiger partial charge in [0, 0.05) is 24.0 Å². The fourth-order valence-corrected chi connectivity index (χ4v) is 3.57. The van der Waals surface area contributed by atoms with Crippen LogP contribution in [0.5, 0.6) is 0 Å². The van der Waals surface area contributed by atoms with Crippen molar-refractivity contribution in [1.29, 1.82) is 0 Å². The van der Waals surface area contributed by atoms with Gasteiger partial charge in [-0.3, -0.25) is 4.79 Å². The monoisotopic (exact) mass is 352 g/mol. The fourth-order valence-electron chi connectivity index (χ4n) is 3.30. The molecule has 2 N–H and O–H groups in total. The fraction of sp³-hybridized carbons (Fsp3) is 0.588. The van der Waals surface area contributed by atoms with Gasteiger partial charge in [0.25, 0.3) is 0 Å². The van der Waals surface area contributed by atoms with Crippen molar-refractivity contribution >= 4 is 21.8 Å². The van der Waals surface area contributed by atoms with Crippen molar-refractivity contribution in [2.24, 2.45) is 11.7 Å². The molecule has 1 fully saturated rings. The van der Waals surface area contributed by atoms with Crippen molar-refractivity contribution < 1.29 is 4.79 Å². The number of hydrogen-bond donors (Lipinski definition) is 1. The summed E-state index contributed by atoms with van der Waals surface area (Å²) in [5.74, 6) is 0.948. The Labute approximate surface area is 136 Å². The first-order valence-corrected chi connectivity index (χ1v) is 8.53. The summed E-state index contributed by atoms with van der Waals surface area (Å²) in [7, 11) is 1.94. The van der Waals surface area contributed by atoms with Crippen LogP contribution in [0, 0.1) is 5.92 Å². The second kappa shape index (κ2) is 7.41. The van der Waals surface area contributed by atoms with E-state index in [0.29, 0.717) is 24.9 Å². The van der Waals surface area contributed by atoms with Crippen molar-refractivity contribution in [3.05, 3.63) is 34.3 Å². The number of nitrogens with two attached hydrogens (primary N) is 1. The number of carbonyl (C=O) groups is 1. The van der Waals surface area contributed by atoms with Crippen LogP contribution in [-0.4, -0.2) is 30.4 Å². The summed E-state index contributed by atoms with van der Waals surface area (Å²) < 4.78 is 1.07. The van der Waals surface area contributed by atoms with Crippen molar-refractivity contribution in [3.63, 3.8) is 0 Å². The lowest BCUT2D eigenvalue weighted by Gasteiger charge is -2.30. The Morgan fingerprint density at radius 2 is 2.05 bits per heavy atom. The van der Waals surface area contributed by atoms with Gasteiger partial charge in [-0.25, -0.2) is 0 Å². The van der Waals surface area contributed by atoms with Crippen molar-refractivity contribution in [3.8, 4) is 0 Å². The van der Waals surface area contributed by atoms with Gasteiger partial charge in [0.1, 0.15) is 0 Å². The molecule has 1 amide bonds. The molecule has 1 aliphatic carbocycles. The zero-order valence-corrected chi connectivity index (χ0v) is 14.5. The maximum Gasteiger partial charge on any atom is 0.223 e. The summed E-state index contributed by atoms with van der Waals surface area (Å²) >= 11 is 3.44. The first-order valence-electron chi connectivity index (χ1n) is 7.74. The molecule has 0 bridgehead atoms. The van der Waals surface area contributed by atoms with Crippen molar-refractivity contribution in [1.82, 2.24) is 4.90 Å². The molecule has 1 aliphatic rings. The summed E-state index contributed by atoms with van der Waals surface area (Å²) in [5.41, 5.74) is 7.04. The lowest BCUT2D eigenvalue weighted by molar-refractivity contribution is -0.132. The molecule has 1 saturated carbocycles. The quantitative estimate of drug-likeness (QED) is 0.880. The smallest absolute Gasteiger partial charge is 0.223 e. The molecule has 21 heavy (non-hydrogen) atoms. The van der Waals surface area contributed by atoms with E-state index in [1.807, 2.05) is 24.1 Å². The average Bonchev–Trinajstić information content (AvgIpc) is 2.95. The summed E-state index contributed by atoms with van der Waals surface area (Å²) in [6.45, 7) is 2.80. The molecule has 0 aromatic heterocycles. The van der Waals surface area contributed by atoms with Crippen LogP contribution < -0.4 is 5.73 Å². The Morgan fingerprint density at radius 3 is 2.67 bits per heavy atom. The second-order valence-corrected chi connectivity index (χ2v) is 7.07. The lowest BCUT2D eigenvalue weighted by atomic mass is 9.96. The molecule has 0 heterocycles. The van der Waals surface area contributed by atoms with Crippen molar-refractivity contribution in [2.45, 2.75) is 44.6 Å². The van der Waals surface area contributed by atoms with Crippen molar-refractivity contribution in [2.75, 3.05) is 13.6 Å². The number of rotatable bonds is 5. The first kappa shape index (κ1) is 16.5. The van der Waals surface area contributed by atoms with Gasteiger partial charge in [-0.05, 0) is 48.9 Å². The van der Waals surface area contributed by atoms with E-state index in [1.165, 1.54) is 12.0 Å². The minimum atomic E-state index is 0.232. The zero-order valence-electron chi connectivity index (χ0n) is 12.9. The molecule has 0 spiro atoms. The van der Waals surface area contributed by atoms with E-state index in [1.54, 1.807) is 0 Å². The molecule has 0 saturated heterocycles. The minimum absolute atomic E-state index is 0.232. The molecule has 0 radical (unpaired) electrons. The third-order valence-electron chi connectivity index (χ3n) is 4.73.